The van der Waals surface area contributed by atoms with Gasteiger partial charge in [-0.25, -0.2) is 0 Å². The molecule has 1 atom stereocenters. The largest absolute Gasteiger partial charge is 0.463 e. The molecule has 1 aromatic heterocycles. The van der Waals surface area contributed by atoms with Crippen molar-refractivity contribution >= 4 is 11.9 Å². The molecular formula is C11H19N5O. The third-order valence-corrected chi connectivity index (χ3v) is 2.75. The predicted molar refractivity (Wildman–Crippen MR) is 65.8 cm³/mol. The van der Waals surface area contributed by atoms with Gasteiger partial charge in [-0.15, -0.1) is 0 Å². The Morgan fingerprint density at radius 2 is 2.18 bits per heavy atom. The maximum Gasteiger partial charge on any atom is 0.323 e. The first-order valence-electron chi connectivity index (χ1n) is 6.10. The number of ether oxygens (including phenoxy) is 1. The molecule has 0 saturated heterocycles. The lowest BCUT2D eigenvalue weighted by Gasteiger charge is -2.13. The Hall–Kier alpha value is -1.59. The van der Waals surface area contributed by atoms with Gasteiger partial charge >= 0.3 is 6.01 Å². The number of nitrogens with two attached hydrogens (primary N) is 1. The molecule has 17 heavy (non-hydrogen) atoms. The molecular weight excluding hydrogens is 218 g/mol. The Morgan fingerprint density at radius 3 is 2.82 bits per heavy atom. The molecule has 0 bridgehead atoms. The second kappa shape index (κ2) is 5.16. The topological polar surface area (TPSA) is 86.0 Å². The summed E-state index contributed by atoms with van der Waals surface area (Å²) in [5.74, 6) is 1.42. The van der Waals surface area contributed by atoms with Crippen molar-refractivity contribution in [2.45, 2.75) is 39.2 Å². The monoisotopic (exact) mass is 237 g/mol. The van der Waals surface area contributed by atoms with Gasteiger partial charge in [0.2, 0.25) is 11.9 Å². The minimum absolute atomic E-state index is 0.191. The molecule has 1 heterocycles. The lowest BCUT2D eigenvalue weighted by atomic mass is 10.2. The summed E-state index contributed by atoms with van der Waals surface area (Å²) in [6.45, 7) is 4.74. The van der Waals surface area contributed by atoms with Crippen LogP contribution in [-0.4, -0.2) is 27.6 Å². The minimum Gasteiger partial charge on any atom is -0.463 e. The van der Waals surface area contributed by atoms with E-state index in [1.165, 1.54) is 12.8 Å². The van der Waals surface area contributed by atoms with Gasteiger partial charge in [-0.3, -0.25) is 0 Å². The van der Waals surface area contributed by atoms with E-state index in [-0.39, 0.29) is 5.95 Å². The summed E-state index contributed by atoms with van der Waals surface area (Å²) in [6.07, 6.45) is 3.45. The summed E-state index contributed by atoms with van der Waals surface area (Å²) in [4.78, 5) is 12.2. The van der Waals surface area contributed by atoms with Crippen LogP contribution in [-0.2, 0) is 0 Å². The van der Waals surface area contributed by atoms with Crippen molar-refractivity contribution in [1.29, 1.82) is 0 Å². The first-order valence-corrected chi connectivity index (χ1v) is 6.10. The van der Waals surface area contributed by atoms with E-state index in [4.69, 9.17) is 10.5 Å². The zero-order valence-electron chi connectivity index (χ0n) is 10.3. The van der Waals surface area contributed by atoms with Crippen molar-refractivity contribution in [3.05, 3.63) is 0 Å². The van der Waals surface area contributed by atoms with Gasteiger partial charge in [0.25, 0.3) is 0 Å². The number of anilines is 2. The first kappa shape index (κ1) is 11.9. The molecule has 1 fully saturated rings. The molecule has 2 rings (SSSR count). The summed E-state index contributed by atoms with van der Waals surface area (Å²) in [6, 6.07) is 0.667. The highest BCUT2D eigenvalue weighted by Gasteiger charge is 2.28. The van der Waals surface area contributed by atoms with Crippen LogP contribution in [0.4, 0.5) is 11.9 Å². The molecule has 3 N–H and O–H groups in total. The van der Waals surface area contributed by atoms with Crippen molar-refractivity contribution in [3.8, 4) is 6.01 Å². The van der Waals surface area contributed by atoms with Gasteiger partial charge in [0.15, 0.2) is 0 Å². The summed E-state index contributed by atoms with van der Waals surface area (Å²) >= 11 is 0. The van der Waals surface area contributed by atoms with E-state index in [9.17, 15) is 0 Å². The highest BCUT2D eigenvalue weighted by Crippen LogP contribution is 2.33. The molecule has 0 aromatic carbocycles. The number of nitrogen functional groups attached to an aromatic ring is 1. The first-order chi connectivity index (χ1) is 8.19. The lowest BCUT2D eigenvalue weighted by molar-refractivity contribution is 0.292. The fraction of sp³-hybridized carbons (Fsp3) is 0.727. The van der Waals surface area contributed by atoms with Gasteiger partial charge in [-0.05, 0) is 32.1 Å². The Morgan fingerprint density at radius 1 is 1.41 bits per heavy atom. The Bertz CT molecular complexity index is 380. The van der Waals surface area contributed by atoms with Crippen molar-refractivity contribution in [2.75, 3.05) is 17.7 Å². The molecule has 0 amide bonds. The maximum absolute atomic E-state index is 5.62. The molecule has 0 spiro atoms. The number of rotatable bonds is 6. The summed E-state index contributed by atoms with van der Waals surface area (Å²) in [7, 11) is 0. The van der Waals surface area contributed by atoms with Crippen molar-refractivity contribution in [1.82, 2.24) is 15.0 Å². The molecule has 94 valence electrons. The smallest absolute Gasteiger partial charge is 0.323 e. The molecule has 1 saturated carbocycles. The second-order valence-electron chi connectivity index (χ2n) is 4.42. The van der Waals surface area contributed by atoms with Gasteiger partial charge in [0.1, 0.15) is 0 Å². The number of hydrogen-bond donors (Lipinski definition) is 2. The van der Waals surface area contributed by atoms with Gasteiger partial charge in [0, 0.05) is 6.04 Å². The van der Waals surface area contributed by atoms with E-state index in [2.05, 4.69) is 27.2 Å². The predicted octanol–water partition coefficient (Wildman–Crippen LogP) is 1.45. The normalized spacial score (nSPS) is 16.6. The van der Waals surface area contributed by atoms with E-state index in [1.54, 1.807) is 0 Å². The fourth-order valence-corrected chi connectivity index (χ4v) is 1.61. The van der Waals surface area contributed by atoms with Crippen molar-refractivity contribution < 1.29 is 4.74 Å². The highest BCUT2D eigenvalue weighted by atomic mass is 16.5. The summed E-state index contributed by atoms with van der Waals surface area (Å²) in [5.41, 5.74) is 5.62. The molecule has 0 aliphatic heterocycles. The molecule has 6 heteroatoms. The Kier molecular flexibility index (Phi) is 3.61. The molecule has 1 aromatic rings. The zero-order chi connectivity index (χ0) is 12.3. The van der Waals surface area contributed by atoms with Crippen molar-refractivity contribution in [2.24, 2.45) is 5.92 Å². The SMILES string of the molecule is CCCOc1nc(N)nc(NC(C)C2CC2)n1. The van der Waals surface area contributed by atoms with Crippen LogP contribution in [0.2, 0.25) is 0 Å². The summed E-state index contributed by atoms with van der Waals surface area (Å²) in [5, 5.41) is 3.24. The molecule has 1 aliphatic carbocycles. The molecule has 0 radical (unpaired) electrons. The standard InChI is InChI=1S/C11H19N5O/c1-3-6-17-11-15-9(12)14-10(16-11)13-7(2)8-4-5-8/h7-8H,3-6H2,1-2H3,(H3,12,13,14,15,16). The second-order valence-corrected chi connectivity index (χ2v) is 4.42. The van der Waals surface area contributed by atoms with Crippen LogP contribution in [0.3, 0.4) is 0 Å². The third kappa shape index (κ3) is 3.44. The number of nitrogens with one attached hydrogen (secondary N) is 1. The minimum atomic E-state index is 0.191. The van der Waals surface area contributed by atoms with E-state index in [0.717, 1.165) is 12.3 Å². The highest BCUT2D eigenvalue weighted by molar-refractivity contribution is 5.33. The van der Waals surface area contributed by atoms with Crippen LogP contribution in [0.5, 0.6) is 6.01 Å². The van der Waals surface area contributed by atoms with Gasteiger partial charge in [0.05, 0.1) is 6.61 Å². The molecule has 1 aliphatic rings. The van der Waals surface area contributed by atoms with E-state index < -0.39 is 0 Å². The lowest BCUT2D eigenvalue weighted by Crippen LogP contribution is -2.20. The molecule has 6 nitrogen and oxygen atoms in total. The third-order valence-electron chi connectivity index (χ3n) is 2.75. The number of hydrogen-bond acceptors (Lipinski definition) is 6. The van der Waals surface area contributed by atoms with E-state index in [1.807, 2.05) is 6.92 Å². The van der Waals surface area contributed by atoms with Crippen LogP contribution in [0.1, 0.15) is 33.1 Å². The van der Waals surface area contributed by atoms with Gasteiger partial charge in [-0.1, -0.05) is 6.92 Å². The van der Waals surface area contributed by atoms with Crippen LogP contribution < -0.4 is 15.8 Å². The van der Waals surface area contributed by atoms with Crippen LogP contribution >= 0.6 is 0 Å². The maximum atomic E-state index is 5.62. The average molecular weight is 237 g/mol. The van der Waals surface area contributed by atoms with E-state index in [0.29, 0.717) is 24.6 Å². The average Bonchev–Trinajstić information content (AvgIpc) is 3.09. The van der Waals surface area contributed by atoms with Crippen LogP contribution in [0.15, 0.2) is 0 Å². The zero-order valence-corrected chi connectivity index (χ0v) is 10.3. The number of nitrogens with zero attached hydrogens (tertiary/aromatic N) is 3. The van der Waals surface area contributed by atoms with Gasteiger partial charge < -0.3 is 15.8 Å². The van der Waals surface area contributed by atoms with Crippen LogP contribution in [0.25, 0.3) is 0 Å². The fourth-order valence-electron chi connectivity index (χ4n) is 1.61. The van der Waals surface area contributed by atoms with Crippen LogP contribution in [0, 0.1) is 5.92 Å². The summed E-state index contributed by atoms with van der Waals surface area (Å²) < 4.78 is 5.35. The van der Waals surface area contributed by atoms with E-state index >= 15 is 0 Å². The number of aromatic nitrogens is 3. The molecule has 1 unspecified atom stereocenters. The Balaban J connectivity index is 2.02. The van der Waals surface area contributed by atoms with Gasteiger partial charge in [-0.2, -0.15) is 15.0 Å². The quantitative estimate of drug-likeness (QED) is 0.779. The van der Waals surface area contributed by atoms with Crippen molar-refractivity contribution in [3.63, 3.8) is 0 Å². The Labute approximate surface area is 101 Å².